The predicted octanol–water partition coefficient (Wildman–Crippen LogP) is 4.34. The molecule has 0 aromatic heterocycles. The molecule has 0 aliphatic rings. The molecule has 0 unspecified atom stereocenters. The Bertz CT molecular complexity index is 508. The van der Waals surface area contributed by atoms with Gasteiger partial charge in [0, 0.05) is 11.0 Å². The van der Waals surface area contributed by atoms with Crippen LogP contribution < -0.4 is 5.32 Å². The van der Waals surface area contributed by atoms with Crippen molar-refractivity contribution < 1.29 is 8.78 Å². The summed E-state index contributed by atoms with van der Waals surface area (Å²) in [5.41, 5.74) is 0.846. The highest BCUT2D eigenvalue weighted by molar-refractivity contribution is 9.10. The highest BCUT2D eigenvalue weighted by atomic mass is 79.9. The van der Waals surface area contributed by atoms with E-state index >= 15 is 0 Å². The molecule has 17 heavy (non-hydrogen) atoms. The Morgan fingerprint density at radius 1 is 0.941 bits per heavy atom. The van der Waals surface area contributed by atoms with Gasteiger partial charge in [-0.15, -0.1) is 0 Å². The van der Waals surface area contributed by atoms with Gasteiger partial charge < -0.3 is 5.32 Å². The summed E-state index contributed by atoms with van der Waals surface area (Å²) in [6.07, 6.45) is 0. The number of nitrogens with one attached hydrogen (secondary N) is 1. The lowest BCUT2D eigenvalue weighted by Crippen LogP contribution is -2.04. The molecule has 1 nitrogen and oxygen atoms in total. The number of para-hydroxylation sites is 1. The Morgan fingerprint density at radius 2 is 1.59 bits per heavy atom. The fourth-order valence-corrected chi connectivity index (χ4v) is 1.92. The maximum absolute atomic E-state index is 13.3. The van der Waals surface area contributed by atoms with Crippen LogP contribution in [0.4, 0.5) is 14.5 Å². The summed E-state index contributed by atoms with van der Waals surface area (Å²) in [6.45, 7) is 0.360. The van der Waals surface area contributed by atoms with Crippen molar-refractivity contribution >= 4 is 21.6 Å². The van der Waals surface area contributed by atoms with E-state index < -0.39 is 11.6 Å². The smallest absolute Gasteiger partial charge is 0.149 e. The van der Waals surface area contributed by atoms with Crippen molar-refractivity contribution in [2.45, 2.75) is 6.54 Å². The lowest BCUT2D eigenvalue weighted by atomic mass is 10.2. The van der Waals surface area contributed by atoms with Crippen LogP contribution in [0.15, 0.2) is 46.9 Å². The topological polar surface area (TPSA) is 12.0 Å². The van der Waals surface area contributed by atoms with E-state index in [4.69, 9.17) is 0 Å². The molecule has 2 rings (SSSR count). The summed E-state index contributed by atoms with van der Waals surface area (Å²) in [5, 5.41) is 2.76. The van der Waals surface area contributed by atoms with Crippen LogP contribution in [0.3, 0.4) is 0 Å². The first kappa shape index (κ1) is 12.0. The number of hydrogen-bond donors (Lipinski definition) is 1. The fourth-order valence-electron chi connectivity index (χ4n) is 1.49. The maximum Gasteiger partial charge on any atom is 0.149 e. The molecule has 2 aromatic rings. The van der Waals surface area contributed by atoms with Crippen molar-refractivity contribution in [1.29, 1.82) is 0 Å². The van der Waals surface area contributed by atoms with Gasteiger partial charge in [-0.05, 0) is 23.8 Å². The number of rotatable bonds is 3. The Kier molecular flexibility index (Phi) is 3.74. The minimum atomic E-state index is -0.586. The normalized spacial score (nSPS) is 10.3. The fraction of sp³-hybridized carbons (Fsp3) is 0.0769. The van der Waals surface area contributed by atoms with Crippen LogP contribution in [0.2, 0.25) is 0 Å². The van der Waals surface area contributed by atoms with Crippen molar-refractivity contribution in [2.24, 2.45) is 0 Å². The highest BCUT2D eigenvalue weighted by Gasteiger charge is 2.08. The third-order valence-electron chi connectivity index (χ3n) is 2.38. The largest absolute Gasteiger partial charge is 0.376 e. The van der Waals surface area contributed by atoms with Crippen molar-refractivity contribution in [3.05, 3.63) is 64.1 Å². The third kappa shape index (κ3) is 2.82. The quantitative estimate of drug-likeness (QED) is 0.889. The lowest BCUT2D eigenvalue weighted by Gasteiger charge is -2.09. The Hall–Kier alpha value is -1.42. The summed E-state index contributed by atoms with van der Waals surface area (Å²) in [7, 11) is 0. The van der Waals surface area contributed by atoms with Crippen molar-refractivity contribution in [2.75, 3.05) is 5.32 Å². The van der Waals surface area contributed by atoms with Crippen LogP contribution in [0.5, 0.6) is 0 Å². The Balaban J connectivity index is 2.16. The van der Waals surface area contributed by atoms with E-state index in [0.717, 1.165) is 10.0 Å². The zero-order valence-electron chi connectivity index (χ0n) is 8.88. The van der Waals surface area contributed by atoms with E-state index in [1.165, 1.54) is 18.2 Å². The molecule has 0 bridgehead atoms. The van der Waals surface area contributed by atoms with Gasteiger partial charge in [0.05, 0.1) is 0 Å². The van der Waals surface area contributed by atoms with Crippen molar-refractivity contribution in [3.63, 3.8) is 0 Å². The van der Waals surface area contributed by atoms with Crippen LogP contribution >= 0.6 is 15.9 Å². The average molecular weight is 298 g/mol. The number of anilines is 1. The summed E-state index contributed by atoms with van der Waals surface area (Å²) >= 11 is 3.38. The van der Waals surface area contributed by atoms with Gasteiger partial charge in [0.1, 0.15) is 17.3 Å². The second-order valence-electron chi connectivity index (χ2n) is 3.54. The molecule has 4 heteroatoms. The van der Waals surface area contributed by atoms with Crippen LogP contribution in [0.25, 0.3) is 0 Å². The summed E-state index contributed by atoms with van der Waals surface area (Å²) in [5.74, 6) is -1.17. The van der Waals surface area contributed by atoms with Crippen LogP contribution in [-0.4, -0.2) is 0 Å². The van der Waals surface area contributed by atoms with Crippen LogP contribution in [0.1, 0.15) is 5.56 Å². The summed E-state index contributed by atoms with van der Waals surface area (Å²) in [4.78, 5) is 0. The van der Waals surface area contributed by atoms with Crippen molar-refractivity contribution in [1.82, 2.24) is 0 Å². The zero-order valence-corrected chi connectivity index (χ0v) is 10.5. The molecule has 0 spiro atoms. The van der Waals surface area contributed by atoms with E-state index in [2.05, 4.69) is 21.2 Å². The highest BCUT2D eigenvalue weighted by Crippen LogP contribution is 2.21. The molecule has 0 saturated carbocycles. The van der Waals surface area contributed by atoms with Crippen LogP contribution in [0, 0.1) is 11.6 Å². The number of hydrogen-bond acceptors (Lipinski definition) is 1. The van der Waals surface area contributed by atoms with Gasteiger partial charge in [0.2, 0.25) is 0 Å². The van der Waals surface area contributed by atoms with Gasteiger partial charge in [-0.1, -0.05) is 40.2 Å². The monoisotopic (exact) mass is 297 g/mol. The summed E-state index contributed by atoms with van der Waals surface area (Å²) < 4.78 is 27.6. The second kappa shape index (κ2) is 5.27. The molecule has 0 amide bonds. The molecule has 0 radical (unpaired) electrons. The SMILES string of the molecule is Fc1cccc(F)c1NCc1ccccc1Br. The van der Waals surface area contributed by atoms with Gasteiger partial charge in [-0.25, -0.2) is 8.78 Å². The van der Waals surface area contributed by atoms with E-state index in [0.29, 0.717) is 6.54 Å². The van der Waals surface area contributed by atoms with Gasteiger partial charge in [-0.2, -0.15) is 0 Å². The van der Waals surface area contributed by atoms with Gasteiger partial charge in [-0.3, -0.25) is 0 Å². The van der Waals surface area contributed by atoms with Crippen LogP contribution in [-0.2, 0) is 6.54 Å². The molecule has 0 heterocycles. The molecular weight excluding hydrogens is 288 g/mol. The van der Waals surface area contributed by atoms with E-state index in [1.807, 2.05) is 24.3 Å². The molecule has 0 fully saturated rings. The summed E-state index contributed by atoms with van der Waals surface area (Å²) in [6, 6.07) is 11.3. The molecule has 0 saturated heterocycles. The molecule has 0 aliphatic heterocycles. The maximum atomic E-state index is 13.3. The van der Waals surface area contributed by atoms with Crippen molar-refractivity contribution in [3.8, 4) is 0 Å². The van der Waals surface area contributed by atoms with E-state index in [1.54, 1.807) is 0 Å². The first-order valence-electron chi connectivity index (χ1n) is 5.10. The molecule has 2 aromatic carbocycles. The van der Waals surface area contributed by atoms with Gasteiger partial charge >= 0.3 is 0 Å². The second-order valence-corrected chi connectivity index (χ2v) is 4.40. The first-order valence-corrected chi connectivity index (χ1v) is 5.89. The standard InChI is InChI=1S/C13H10BrF2N/c14-10-5-2-1-4-9(10)8-17-13-11(15)6-3-7-12(13)16/h1-7,17H,8H2. The molecular formula is C13H10BrF2N. The Labute approximate surface area is 107 Å². The Morgan fingerprint density at radius 3 is 2.24 bits per heavy atom. The predicted molar refractivity (Wildman–Crippen MR) is 67.8 cm³/mol. The minimum Gasteiger partial charge on any atom is -0.376 e. The average Bonchev–Trinajstić information content (AvgIpc) is 2.30. The molecule has 1 N–H and O–H groups in total. The third-order valence-corrected chi connectivity index (χ3v) is 3.15. The first-order chi connectivity index (χ1) is 8.18. The van der Waals surface area contributed by atoms with Gasteiger partial charge in [0.25, 0.3) is 0 Å². The number of halogens is 3. The zero-order chi connectivity index (χ0) is 12.3. The van der Waals surface area contributed by atoms with E-state index in [-0.39, 0.29) is 5.69 Å². The molecule has 88 valence electrons. The number of benzene rings is 2. The minimum absolute atomic E-state index is 0.0942. The lowest BCUT2D eigenvalue weighted by molar-refractivity contribution is 0.588. The van der Waals surface area contributed by atoms with Gasteiger partial charge in [0.15, 0.2) is 0 Å². The molecule has 0 aliphatic carbocycles. The molecule has 0 atom stereocenters. The van der Waals surface area contributed by atoms with E-state index in [9.17, 15) is 8.78 Å².